The first-order valence-corrected chi connectivity index (χ1v) is 7.79. The number of hydrogen-bond donors (Lipinski definition) is 0. The van der Waals surface area contributed by atoms with Gasteiger partial charge in [0, 0.05) is 0 Å². The second-order valence-electron chi connectivity index (χ2n) is 2.15. The Kier molecular flexibility index (Phi) is 5.94. The SMILES string of the molecule is CCC[CH2][GeH]([F])[CH2]C. The van der Waals surface area contributed by atoms with Crippen molar-refractivity contribution in [2.24, 2.45) is 0 Å². The number of hydrogen-bond acceptors (Lipinski definition) is 0. The van der Waals surface area contributed by atoms with E-state index in [2.05, 4.69) is 6.92 Å². The second kappa shape index (κ2) is 5.61. The van der Waals surface area contributed by atoms with Crippen molar-refractivity contribution in [3.63, 3.8) is 0 Å². The van der Waals surface area contributed by atoms with Crippen LogP contribution >= 0.6 is 0 Å². The molecule has 0 rings (SSSR count). The Morgan fingerprint density at radius 3 is 2.38 bits per heavy atom. The second-order valence-corrected chi connectivity index (χ2v) is 7.58. The molecule has 0 nitrogen and oxygen atoms in total. The Bertz CT molecular complexity index is 47.8. The fraction of sp³-hybridized carbons (Fsp3) is 1.00. The molecule has 1 unspecified atom stereocenters. The summed E-state index contributed by atoms with van der Waals surface area (Å²) in [6.07, 6.45) is 2.28. The van der Waals surface area contributed by atoms with Gasteiger partial charge in [0.2, 0.25) is 0 Å². The van der Waals surface area contributed by atoms with Gasteiger partial charge in [-0.1, -0.05) is 0 Å². The molecule has 50 valence electrons. The molecule has 0 amide bonds. The molecule has 8 heavy (non-hydrogen) atoms. The molecule has 0 aromatic carbocycles. The van der Waals surface area contributed by atoms with Gasteiger partial charge in [-0.3, -0.25) is 0 Å². The van der Waals surface area contributed by atoms with Crippen molar-refractivity contribution in [1.29, 1.82) is 0 Å². The minimum atomic E-state index is -2.10. The number of unbranched alkanes of at least 4 members (excludes halogenated alkanes) is 1. The van der Waals surface area contributed by atoms with Crippen molar-refractivity contribution < 1.29 is 3.50 Å². The van der Waals surface area contributed by atoms with E-state index in [1.165, 1.54) is 0 Å². The van der Waals surface area contributed by atoms with Gasteiger partial charge in [0.25, 0.3) is 0 Å². The Morgan fingerprint density at radius 2 is 2.00 bits per heavy atom. The van der Waals surface area contributed by atoms with Gasteiger partial charge in [-0.2, -0.15) is 0 Å². The first-order valence-electron chi connectivity index (χ1n) is 3.45. The van der Waals surface area contributed by atoms with E-state index in [1.54, 1.807) is 0 Å². The van der Waals surface area contributed by atoms with Crippen molar-refractivity contribution in [2.75, 3.05) is 0 Å². The van der Waals surface area contributed by atoms with Crippen LogP contribution in [0.4, 0.5) is 3.50 Å². The van der Waals surface area contributed by atoms with E-state index >= 15 is 0 Å². The molecule has 0 saturated carbocycles. The third-order valence-corrected chi connectivity index (χ3v) is 5.34. The van der Waals surface area contributed by atoms with Crippen LogP contribution in [0.1, 0.15) is 26.7 Å². The number of rotatable bonds is 4. The summed E-state index contributed by atoms with van der Waals surface area (Å²) >= 11 is -2.10. The van der Waals surface area contributed by atoms with E-state index in [-0.39, 0.29) is 0 Å². The fourth-order valence-corrected chi connectivity index (χ4v) is 3.27. The summed E-state index contributed by atoms with van der Waals surface area (Å²) in [5.74, 6) is 0. The Hall–Kier alpha value is 0.473. The van der Waals surface area contributed by atoms with Gasteiger partial charge in [-0.25, -0.2) is 0 Å². The molecule has 0 radical (unpaired) electrons. The summed E-state index contributed by atoms with van der Waals surface area (Å²) < 4.78 is 12.5. The Balaban J connectivity index is 2.86. The van der Waals surface area contributed by atoms with Crippen LogP contribution in [-0.4, -0.2) is 14.8 Å². The normalized spacial score (nSPS) is 13.9. The molecular formula is C6H15FGe. The zero-order valence-electron chi connectivity index (χ0n) is 5.78. The van der Waals surface area contributed by atoms with Crippen LogP contribution in [0.15, 0.2) is 0 Å². The zero-order chi connectivity index (χ0) is 6.41. The Labute approximate surface area is 56.1 Å². The summed E-state index contributed by atoms with van der Waals surface area (Å²) in [5.41, 5.74) is 0. The first-order chi connectivity index (χ1) is 3.81. The molecule has 0 heterocycles. The minimum absolute atomic E-state index is 0.868. The molecule has 0 spiro atoms. The molecule has 0 N–H and O–H groups in total. The molecule has 2 heteroatoms. The van der Waals surface area contributed by atoms with E-state index < -0.39 is 14.8 Å². The maximum absolute atomic E-state index is 12.5. The van der Waals surface area contributed by atoms with E-state index in [1.807, 2.05) is 6.92 Å². The van der Waals surface area contributed by atoms with Gasteiger partial charge in [0.15, 0.2) is 0 Å². The van der Waals surface area contributed by atoms with Gasteiger partial charge in [0.05, 0.1) is 0 Å². The van der Waals surface area contributed by atoms with Crippen molar-refractivity contribution in [3.05, 3.63) is 0 Å². The van der Waals surface area contributed by atoms with Gasteiger partial charge >= 0.3 is 55.5 Å². The van der Waals surface area contributed by atoms with Crippen LogP contribution in [0.5, 0.6) is 0 Å². The van der Waals surface area contributed by atoms with Crippen molar-refractivity contribution in [1.82, 2.24) is 0 Å². The third kappa shape index (κ3) is 4.63. The molecule has 0 bridgehead atoms. The summed E-state index contributed by atoms with van der Waals surface area (Å²) in [7, 11) is 0. The average Bonchev–Trinajstić information content (AvgIpc) is 1.83. The molecule has 0 aromatic heterocycles. The van der Waals surface area contributed by atoms with Crippen LogP contribution in [0, 0.1) is 0 Å². The molecule has 0 aliphatic heterocycles. The van der Waals surface area contributed by atoms with Crippen LogP contribution in [0.2, 0.25) is 10.5 Å². The monoisotopic (exact) mass is 180 g/mol. The third-order valence-electron chi connectivity index (χ3n) is 1.31. The van der Waals surface area contributed by atoms with E-state index in [9.17, 15) is 3.50 Å². The zero-order valence-corrected chi connectivity index (χ0v) is 8.21. The topological polar surface area (TPSA) is 0 Å². The van der Waals surface area contributed by atoms with E-state index in [0.717, 1.165) is 23.3 Å². The van der Waals surface area contributed by atoms with Crippen molar-refractivity contribution in [2.45, 2.75) is 37.2 Å². The molecule has 0 fully saturated rings. The van der Waals surface area contributed by atoms with Gasteiger partial charge in [0.1, 0.15) is 0 Å². The summed E-state index contributed by atoms with van der Waals surface area (Å²) in [4.78, 5) is 0. The molecule has 0 aliphatic rings. The fourth-order valence-electron chi connectivity index (χ4n) is 0.630. The van der Waals surface area contributed by atoms with Crippen molar-refractivity contribution >= 4 is 14.8 Å². The van der Waals surface area contributed by atoms with E-state index in [4.69, 9.17) is 0 Å². The van der Waals surface area contributed by atoms with Crippen LogP contribution in [0.25, 0.3) is 0 Å². The molecule has 0 aliphatic carbocycles. The maximum atomic E-state index is 12.5. The summed E-state index contributed by atoms with van der Waals surface area (Å²) in [6, 6.07) is 0. The summed E-state index contributed by atoms with van der Waals surface area (Å²) in [6.45, 7) is 4.09. The first kappa shape index (κ1) is 8.47. The van der Waals surface area contributed by atoms with Gasteiger partial charge in [-0.15, -0.1) is 0 Å². The van der Waals surface area contributed by atoms with Gasteiger partial charge < -0.3 is 0 Å². The molecule has 0 saturated heterocycles. The quantitative estimate of drug-likeness (QED) is 0.581. The predicted octanol–water partition coefficient (Wildman–Crippen LogP) is 2.50. The number of halogens is 1. The Morgan fingerprint density at radius 1 is 1.38 bits per heavy atom. The van der Waals surface area contributed by atoms with Gasteiger partial charge in [-0.05, 0) is 0 Å². The average molecular weight is 179 g/mol. The predicted molar refractivity (Wildman–Crippen MR) is 38.5 cm³/mol. The summed E-state index contributed by atoms with van der Waals surface area (Å²) in [5, 5.41) is 1.81. The standard InChI is InChI=1S/C6H15FGe/c1-3-5-6-8(7)4-2/h8H,3-6H2,1-2H3. The van der Waals surface area contributed by atoms with E-state index in [0.29, 0.717) is 0 Å². The van der Waals surface area contributed by atoms with Crippen LogP contribution < -0.4 is 0 Å². The molecule has 1 atom stereocenters. The van der Waals surface area contributed by atoms with Crippen molar-refractivity contribution in [3.8, 4) is 0 Å². The molecule has 0 aromatic rings. The van der Waals surface area contributed by atoms with Crippen LogP contribution in [-0.2, 0) is 0 Å². The molecular weight excluding hydrogens is 164 g/mol. The van der Waals surface area contributed by atoms with Crippen LogP contribution in [0.3, 0.4) is 0 Å².